The third kappa shape index (κ3) is 3.37. The van der Waals surface area contributed by atoms with Crippen LogP contribution in [0.2, 0.25) is 0 Å². The Morgan fingerprint density at radius 2 is 2.07 bits per heavy atom. The van der Waals surface area contributed by atoms with E-state index in [1.165, 1.54) is 6.20 Å². The molecular weight excluding hydrogens is 273 g/mol. The molecule has 2 nitrogen and oxygen atoms in total. The van der Waals surface area contributed by atoms with Crippen LogP contribution in [0.1, 0.15) is 12.5 Å². The van der Waals surface area contributed by atoms with E-state index in [9.17, 15) is 13.2 Å². The zero-order valence-corrected chi connectivity index (χ0v) is 9.78. The van der Waals surface area contributed by atoms with Crippen molar-refractivity contribution in [3.63, 3.8) is 0 Å². The van der Waals surface area contributed by atoms with Gasteiger partial charge in [-0.3, -0.25) is 0 Å². The number of rotatable bonds is 2. The van der Waals surface area contributed by atoms with E-state index in [1.54, 1.807) is 13.0 Å². The monoisotopic (exact) mass is 282 g/mol. The quantitative estimate of drug-likeness (QED) is 0.898. The van der Waals surface area contributed by atoms with Crippen LogP contribution in [0.4, 0.5) is 19.0 Å². The van der Waals surface area contributed by atoms with E-state index in [1.807, 2.05) is 0 Å². The molecule has 1 atom stereocenters. The van der Waals surface area contributed by atoms with Crippen LogP contribution in [0.3, 0.4) is 0 Å². The third-order valence-electron chi connectivity index (χ3n) is 1.90. The Kier molecular flexibility index (Phi) is 3.59. The smallest absolute Gasteiger partial charge is 0.359 e. The summed E-state index contributed by atoms with van der Waals surface area (Å²) in [6.07, 6.45) is -2.79. The first-order chi connectivity index (χ1) is 6.80. The predicted octanol–water partition coefficient (Wildman–Crippen LogP) is 3.52. The van der Waals surface area contributed by atoms with Gasteiger partial charge < -0.3 is 5.32 Å². The van der Waals surface area contributed by atoms with Crippen molar-refractivity contribution in [2.75, 3.05) is 5.32 Å². The summed E-state index contributed by atoms with van der Waals surface area (Å²) in [5.41, 5.74) is 0.835. The van der Waals surface area contributed by atoms with E-state index >= 15 is 0 Å². The molecule has 1 heterocycles. The largest absolute Gasteiger partial charge is 0.408 e. The van der Waals surface area contributed by atoms with E-state index < -0.39 is 12.2 Å². The van der Waals surface area contributed by atoms with Crippen molar-refractivity contribution in [3.8, 4) is 0 Å². The average Bonchev–Trinajstić information content (AvgIpc) is 2.10. The van der Waals surface area contributed by atoms with E-state index in [0.717, 1.165) is 17.0 Å². The minimum atomic E-state index is -4.26. The molecule has 0 spiro atoms. The lowest BCUT2D eigenvalue weighted by atomic mass is 10.2. The second-order valence-corrected chi connectivity index (χ2v) is 4.08. The van der Waals surface area contributed by atoms with Crippen molar-refractivity contribution in [2.45, 2.75) is 26.1 Å². The van der Waals surface area contributed by atoms with Gasteiger partial charge in [0.2, 0.25) is 0 Å². The van der Waals surface area contributed by atoms with Crippen LogP contribution in [0, 0.1) is 6.92 Å². The van der Waals surface area contributed by atoms with Crippen LogP contribution < -0.4 is 5.32 Å². The molecule has 84 valence electrons. The Morgan fingerprint density at radius 1 is 1.47 bits per heavy atom. The Labute approximate surface area is 94.0 Å². The number of hydrogen-bond acceptors (Lipinski definition) is 2. The molecule has 1 N–H and O–H groups in total. The molecule has 0 unspecified atom stereocenters. The molecule has 0 bridgehead atoms. The molecule has 1 rings (SSSR count). The molecule has 0 radical (unpaired) electrons. The fourth-order valence-electron chi connectivity index (χ4n) is 0.922. The maximum Gasteiger partial charge on any atom is 0.408 e. The van der Waals surface area contributed by atoms with Crippen molar-refractivity contribution in [1.82, 2.24) is 4.98 Å². The van der Waals surface area contributed by atoms with E-state index in [4.69, 9.17) is 0 Å². The second-order valence-electron chi connectivity index (χ2n) is 3.23. The van der Waals surface area contributed by atoms with Gasteiger partial charge in [-0.05, 0) is 41.4 Å². The van der Waals surface area contributed by atoms with Gasteiger partial charge in [-0.25, -0.2) is 4.98 Å². The fourth-order valence-corrected chi connectivity index (χ4v) is 1.14. The van der Waals surface area contributed by atoms with Crippen LogP contribution in [0.5, 0.6) is 0 Å². The van der Waals surface area contributed by atoms with Crippen molar-refractivity contribution in [2.24, 2.45) is 0 Å². The Bertz CT molecular complexity index is 352. The van der Waals surface area contributed by atoms with E-state index in [0.29, 0.717) is 0 Å². The summed E-state index contributed by atoms with van der Waals surface area (Å²) < 4.78 is 37.4. The van der Waals surface area contributed by atoms with Gasteiger partial charge in [-0.2, -0.15) is 13.2 Å². The number of aryl methyl sites for hydroxylation is 1. The summed E-state index contributed by atoms with van der Waals surface area (Å²) in [6.45, 7) is 2.84. The number of nitrogens with zero attached hydrogens (tertiary/aromatic N) is 1. The van der Waals surface area contributed by atoms with Gasteiger partial charge in [0, 0.05) is 10.7 Å². The average molecular weight is 283 g/mol. The summed E-state index contributed by atoms with van der Waals surface area (Å²) in [5, 5.41) is 2.29. The molecule has 0 aliphatic carbocycles. The maximum absolute atomic E-state index is 12.2. The molecule has 0 saturated carbocycles. The second kappa shape index (κ2) is 4.38. The van der Waals surface area contributed by atoms with Crippen LogP contribution >= 0.6 is 15.9 Å². The Balaban J connectivity index is 2.78. The molecule has 0 amide bonds. The molecule has 0 saturated heterocycles. The normalized spacial score (nSPS) is 13.7. The van der Waals surface area contributed by atoms with Gasteiger partial charge in [0.25, 0.3) is 0 Å². The molecule has 0 fully saturated rings. The highest BCUT2D eigenvalue weighted by molar-refractivity contribution is 9.10. The van der Waals surface area contributed by atoms with Crippen LogP contribution in [0.15, 0.2) is 16.7 Å². The highest BCUT2D eigenvalue weighted by Crippen LogP contribution is 2.24. The first-order valence-electron chi connectivity index (χ1n) is 4.26. The number of halogens is 4. The zero-order valence-electron chi connectivity index (χ0n) is 8.19. The van der Waals surface area contributed by atoms with Crippen LogP contribution in [-0.2, 0) is 0 Å². The molecule has 6 heteroatoms. The molecule has 0 aliphatic heterocycles. The number of nitrogens with one attached hydrogen (secondary N) is 1. The summed E-state index contributed by atoms with van der Waals surface area (Å²) >= 11 is 3.22. The molecule has 1 aromatic heterocycles. The molecule has 0 aromatic carbocycles. The highest BCUT2D eigenvalue weighted by atomic mass is 79.9. The summed E-state index contributed by atoms with van der Waals surface area (Å²) in [7, 11) is 0. The Hall–Kier alpha value is -0.780. The fraction of sp³-hybridized carbons (Fsp3) is 0.444. The minimum Gasteiger partial charge on any atom is -0.359 e. The van der Waals surface area contributed by atoms with Gasteiger partial charge in [-0.1, -0.05) is 0 Å². The lowest BCUT2D eigenvalue weighted by molar-refractivity contribution is -0.138. The van der Waals surface area contributed by atoms with Crippen molar-refractivity contribution in [3.05, 3.63) is 22.3 Å². The topological polar surface area (TPSA) is 24.9 Å². The summed E-state index contributed by atoms with van der Waals surface area (Å²) in [5.74, 6) is 0.223. The highest BCUT2D eigenvalue weighted by Gasteiger charge is 2.36. The maximum atomic E-state index is 12.2. The third-order valence-corrected chi connectivity index (χ3v) is 2.73. The first kappa shape index (κ1) is 12.3. The molecular formula is C9H10BrF3N2. The van der Waals surface area contributed by atoms with Gasteiger partial charge in [0.1, 0.15) is 11.9 Å². The van der Waals surface area contributed by atoms with Gasteiger partial charge in [0.05, 0.1) is 0 Å². The van der Waals surface area contributed by atoms with Crippen molar-refractivity contribution < 1.29 is 13.2 Å². The number of hydrogen-bond donors (Lipinski definition) is 1. The lowest BCUT2D eigenvalue weighted by Gasteiger charge is -2.17. The minimum absolute atomic E-state index is 0.223. The summed E-state index contributed by atoms with van der Waals surface area (Å²) in [6, 6.07) is -0.0441. The predicted molar refractivity (Wildman–Crippen MR) is 55.8 cm³/mol. The number of alkyl halides is 3. The number of pyridine rings is 1. The van der Waals surface area contributed by atoms with Gasteiger partial charge in [-0.15, -0.1) is 0 Å². The van der Waals surface area contributed by atoms with E-state index in [-0.39, 0.29) is 5.82 Å². The standard InChI is InChI=1S/C9H10BrF3N2/c1-5-3-8(14-4-7(5)10)15-6(2)9(11,12)13/h3-4,6H,1-2H3,(H,14,15)/t6-/m1/s1. The Morgan fingerprint density at radius 3 is 2.53 bits per heavy atom. The van der Waals surface area contributed by atoms with Crippen molar-refractivity contribution >= 4 is 21.7 Å². The number of aromatic nitrogens is 1. The molecule has 0 aliphatic rings. The van der Waals surface area contributed by atoms with Gasteiger partial charge >= 0.3 is 6.18 Å². The SMILES string of the molecule is Cc1cc(N[C@H](C)C(F)(F)F)ncc1Br. The van der Waals surface area contributed by atoms with Crippen LogP contribution in [-0.4, -0.2) is 17.2 Å². The van der Waals surface area contributed by atoms with Crippen LogP contribution in [0.25, 0.3) is 0 Å². The number of anilines is 1. The lowest BCUT2D eigenvalue weighted by Crippen LogP contribution is -2.33. The van der Waals surface area contributed by atoms with Gasteiger partial charge in [0.15, 0.2) is 0 Å². The van der Waals surface area contributed by atoms with E-state index in [2.05, 4.69) is 26.2 Å². The first-order valence-corrected chi connectivity index (χ1v) is 5.05. The molecule has 1 aromatic rings. The zero-order chi connectivity index (χ0) is 11.6. The molecule has 15 heavy (non-hydrogen) atoms. The summed E-state index contributed by atoms with van der Waals surface area (Å²) in [4.78, 5) is 3.83. The van der Waals surface area contributed by atoms with Crippen molar-refractivity contribution in [1.29, 1.82) is 0 Å².